The van der Waals surface area contributed by atoms with Gasteiger partial charge in [-0.2, -0.15) is 5.10 Å². The normalized spacial score (nSPS) is 17.8. The largest absolute Gasteiger partial charge is 0.454 e. The van der Waals surface area contributed by atoms with Crippen molar-refractivity contribution in [1.29, 1.82) is 0 Å². The molecule has 0 unspecified atom stereocenters. The predicted molar refractivity (Wildman–Crippen MR) is 153 cm³/mol. The van der Waals surface area contributed by atoms with E-state index in [0.29, 0.717) is 18.5 Å². The van der Waals surface area contributed by atoms with E-state index in [-0.39, 0.29) is 0 Å². The van der Waals surface area contributed by atoms with Crippen LogP contribution >= 0.6 is 11.3 Å². The maximum absolute atomic E-state index is 10.2. The van der Waals surface area contributed by atoms with Crippen LogP contribution in [0.2, 0.25) is 0 Å². The van der Waals surface area contributed by atoms with Crippen LogP contribution in [0.4, 0.5) is 0 Å². The van der Waals surface area contributed by atoms with Crippen LogP contribution in [-0.4, -0.2) is 56.7 Å². The lowest BCUT2D eigenvalue weighted by Gasteiger charge is -2.28. The minimum absolute atomic E-state index is 0.437. The second-order valence-corrected chi connectivity index (χ2v) is 12.3. The van der Waals surface area contributed by atoms with Gasteiger partial charge in [-0.3, -0.25) is 9.67 Å². The molecule has 0 atom stereocenters. The number of allylic oxidation sites excluding steroid dienone is 2. The van der Waals surface area contributed by atoms with Crippen LogP contribution in [0, 0.1) is 5.92 Å². The fourth-order valence-corrected chi connectivity index (χ4v) is 5.98. The highest BCUT2D eigenvalue weighted by Gasteiger charge is 2.28. The molecule has 8 heteroatoms. The van der Waals surface area contributed by atoms with Gasteiger partial charge in [-0.05, 0) is 63.5 Å². The number of ether oxygens (including phenoxy) is 2. The van der Waals surface area contributed by atoms with Gasteiger partial charge in [0.2, 0.25) is 0 Å². The molecule has 2 aliphatic rings. The van der Waals surface area contributed by atoms with E-state index >= 15 is 0 Å². The third kappa shape index (κ3) is 6.65. The molecule has 1 aliphatic carbocycles. The van der Waals surface area contributed by atoms with Gasteiger partial charge in [0, 0.05) is 61.4 Å². The van der Waals surface area contributed by atoms with Crippen LogP contribution < -0.4 is 4.74 Å². The first-order valence-electron chi connectivity index (χ1n) is 13.8. The van der Waals surface area contributed by atoms with Gasteiger partial charge in [-0.15, -0.1) is 11.3 Å². The highest BCUT2D eigenvalue weighted by Crippen LogP contribution is 2.40. The van der Waals surface area contributed by atoms with Crippen molar-refractivity contribution in [1.82, 2.24) is 19.7 Å². The molecule has 0 spiro atoms. The number of fused-ring (bicyclic) bond motifs is 1. The number of aromatic nitrogens is 3. The van der Waals surface area contributed by atoms with Gasteiger partial charge in [0.25, 0.3) is 0 Å². The Kier molecular flexibility index (Phi) is 8.21. The molecule has 1 aliphatic heterocycles. The third-order valence-corrected chi connectivity index (χ3v) is 8.29. The summed E-state index contributed by atoms with van der Waals surface area (Å²) in [6.45, 7) is 7.84. The number of pyridine rings is 1. The Morgan fingerprint density at radius 1 is 1.29 bits per heavy atom. The topological polar surface area (TPSA) is 72.6 Å². The summed E-state index contributed by atoms with van der Waals surface area (Å²) in [5, 5.41) is 14.6. The molecule has 3 aromatic rings. The van der Waals surface area contributed by atoms with Gasteiger partial charge in [0.05, 0.1) is 28.6 Å². The van der Waals surface area contributed by atoms with Gasteiger partial charge in [0.15, 0.2) is 0 Å². The van der Waals surface area contributed by atoms with E-state index < -0.39 is 5.60 Å². The zero-order valence-corrected chi connectivity index (χ0v) is 23.8. The van der Waals surface area contributed by atoms with E-state index in [0.717, 1.165) is 71.1 Å². The standard InChI is InChI=1S/C30H40N4O3S/c1-5-6-7-24(21-11-14-36-15-12-21)27(19-33(4)23-8-9-23)37-26-10-13-31-25-16-28(38-29(25)26)22-17-32-34(18-22)20-30(2,3)35/h7,10,13,16-19,21,23,35H,5-6,8-9,11-12,14-15,20H2,1-4H3/b24-7+,27-19+. The van der Waals surface area contributed by atoms with E-state index in [1.807, 2.05) is 24.7 Å². The quantitative estimate of drug-likeness (QED) is 0.226. The summed E-state index contributed by atoms with van der Waals surface area (Å²) in [5.41, 5.74) is 2.41. The average molecular weight is 537 g/mol. The zero-order chi connectivity index (χ0) is 26.7. The Hall–Kier alpha value is -2.68. The van der Waals surface area contributed by atoms with Crippen molar-refractivity contribution in [3.05, 3.63) is 54.3 Å². The van der Waals surface area contributed by atoms with E-state index in [1.165, 1.54) is 18.4 Å². The molecule has 204 valence electrons. The zero-order valence-electron chi connectivity index (χ0n) is 23.0. The molecule has 7 nitrogen and oxygen atoms in total. The second-order valence-electron chi connectivity index (χ2n) is 11.2. The molecule has 0 bridgehead atoms. The Labute approximate surface area is 229 Å². The Morgan fingerprint density at radius 3 is 2.79 bits per heavy atom. The van der Waals surface area contributed by atoms with Gasteiger partial charge in [0.1, 0.15) is 11.5 Å². The van der Waals surface area contributed by atoms with Gasteiger partial charge in [-0.25, -0.2) is 0 Å². The molecule has 2 fully saturated rings. The first-order valence-corrected chi connectivity index (χ1v) is 14.7. The lowest BCUT2D eigenvalue weighted by Crippen LogP contribution is -2.26. The van der Waals surface area contributed by atoms with Crippen molar-refractivity contribution in [2.24, 2.45) is 5.92 Å². The van der Waals surface area contributed by atoms with Crippen LogP contribution in [-0.2, 0) is 11.3 Å². The molecule has 38 heavy (non-hydrogen) atoms. The fourth-order valence-electron chi connectivity index (χ4n) is 4.94. The molecule has 5 rings (SSSR count). The number of nitrogens with zero attached hydrogens (tertiary/aromatic N) is 4. The summed E-state index contributed by atoms with van der Waals surface area (Å²) in [7, 11) is 2.17. The molecule has 0 radical (unpaired) electrons. The fraction of sp³-hybridized carbons (Fsp3) is 0.533. The summed E-state index contributed by atoms with van der Waals surface area (Å²) in [5.74, 6) is 2.22. The molecular weight excluding hydrogens is 496 g/mol. The maximum Gasteiger partial charge on any atom is 0.148 e. The smallest absolute Gasteiger partial charge is 0.148 e. The third-order valence-electron chi connectivity index (χ3n) is 7.10. The highest BCUT2D eigenvalue weighted by atomic mass is 32.1. The molecule has 0 aromatic carbocycles. The lowest BCUT2D eigenvalue weighted by molar-refractivity contribution is 0.0577. The van der Waals surface area contributed by atoms with Gasteiger partial charge >= 0.3 is 0 Å². The predicted octanol–water partition coefficient (Wildman–Crippen LogP) is 6.40. The molecular formula is C30H40N4O3S. The number of thiophene rings is 1. The number of rotatable bonds is 11. The summed E-state index contributed by atoms with van der Waals surface area (Å²) in [6, 6.07) is 4.68. The summed E-state index contributed by atoms with van der Waals surface area (Å²) in [4.78, 5) is 8.05. The van der Waals surface area contributed by atoms with E-state index in [2.05, 4.69) is 47.3 Å². The van der Waals surface area contributed by atoms with Crippen LogP contribution in [0.25, 0.3) is 20.7 Å². The van der Waals surface area contributed by atoms with Crippen LogP contribution in [0.5, 0.6) is 5.75 Å². The molecule has 3 aromatic heterocycles. The molecule has 0 amide bonds. The highest BCUT2D eigenvalue weighted by molar-refractivity contribution is 7.22. The van der Waals surface area contributed by atoms with E-state index in [4.69, 9.17) is 9.47 Å². The summed E-state index contributed by atoms with van der Waals surface area (Å²) < 4.78 is 15.3. The number of unbranched alkanes of at least 4 members (excludes halogenated alkanes) is 1. The minimum Gasteiger partial charge on any atom is -0.454 e. The van der Waals surface area contributed by atoms with E-state index in [9.17, 15) is 5.11 Å². The van der Waals surface area contributed by atoms with Crippen molar-refractivity contribution in [3.8, 4) is 16.2 Å². The van der Waals surface area contributed by atoms with Crippen LogP contribution in [0.15, 0.2) is 54.3 Å². The van der Waals surface area contributed by atoms with Crippen molar-refractivity contribution in [2.75, 3.05) is 20.3 Å². The Morgan fingerprint density at radius 2 is 2.08 bits per heavy atom. The lowest BCUT2D eigenvalue weighted by atomic mass is 9.89. The maximum atomic E-state index is 10.2. The second kappa shape index (κ2) is 11.6. The Balaban J connectivity index is 1.48. The van der Waals surface area contributed by atoms with Crippen LogP contribution in [0.1, 0.15) is 59.3 Å². The van der Waals surface area contributed by atoms with Crippen molar-refractivity contribution in [3.63, 3.8) is 0 Å². The minimum atomic E-state index is -0.824. The Bertz CT molecular complexity index is 1290. The molecule has 4 heterocycles. The molecule has 1 saturated heterocycles. The number of aliphatic hydroxyl groups is 1. The SMILES string of the molecule is CCC/C=C(/C(=C\N(C)C1CC1)Oc1ccnc2cc(-c3cnn(CC(C)(C)O)c3)sc12)C1CCOCC1. The van der Waals surface area contributed by atoms with Crippen molar-refractivity contribution in [2.45, 2.75) is 77.5 Å². The summed E-state index contributed by atoms with van der Waals surface area (Å²) >= 11 is 1.67. The average Bonchev–Trinajstić information content (AvgIpc) is 3.49. The molecule has 1 saturated carbocycles. The molecule has 1 N–H and O–H groups in total. The van der Waals surface area contributed by atoms with Gasteiger partial charge in [-0.1, -0.05) is 19.4 Å². The van der Waals surface area contributed by atoms with Gasteiger partial charge < -0.3 is 19.5 Å². The number of hydrogen-bond acceptors (Lipinski definition) is 7. The number of hydrogen-bond donors (Lipinski definition) is 1. The summed E-state index contributed by atoms with van der Waals surface area (Å²) in [6.07, 6.45) is 16.9. The first-order chi connectivity index (χ1) is 18.3. The monoisotopic (exact) mass is 536 g/mol. The first kappa shape index (κ1) is 26.9. The van der Waals surface area contributed by atoms with Crippen molar-refractivity contribution < 1.29 is 14.6 Å². The van der Waals surface area contributed by atoms with Crippen molar-refractivity contribution >= 4 is 21.6 Å². The van der Waals surface area contributed by atoms with Crippen LogP contribution in [0.3, 0.4) is 0 Å². The van der Waals surface area contributed by atoms with E-state index in [1.54, 1.807) is 29.9 Å².